The Morgan fingerprint density at radius 2 is 1.95 bits per heavy atom. The third kappa shape index (κ3) is 3.89. The zero-order valence-electron chi connectivity index (χ0n) is 20.7. The summed E-state index contributed by atoms with van der Waals surface area (Å²) >= 11 is 0. The second kappa shape index (κ2) is 8.26. The van der Waals surface area contributed by atoms with E-state index in [2.05, 4.69) is 30.9 Å². The molecule has 3 amide bonds. The predicted molar refractivity (Wildman–Crippen MR) is 135 cm³/mol. The van der Waals surface area contributed by atoms with E-state index in [1.165, 1.54) is 6.33 Å². The number of nitrogens with zero attached hydrogens (tertiary/aromatic N) is 2. The van der Waals surface area contributed by atoms with E-state index < -0.39 is 17.0 Å². The van der Waals surface area contributed by atoms with Crippen molar-refractivity contribution in [2.24, 2.45) is 11.8 Å². The molecule has 8 rings (SSSR count). The Bertz CT molecular complexity index is 1480. The number of hydrogen-bond donors (Lipinski definition) is 5. The van der Waals surface area contributed by atoms with Crippen molar-refractivity contribution in [2.75, 3.05) is 11.9 Å². The van der Waals surface area contributed by atoms with Gasteiger partial charge >= 0.3 is 0 Å². The Morgan fingerprint density at radius 1 is 1.13 bits per heavy atom. The number of nitrogens with one attached hydrogen (secondary N) is 4. The molecule has 3 aromatic rings. The lowest BCUT2D eigenvalue weighted by atomic mass is 9.51. The predicted octanol–water partition coefficient (Wildman–Crippen LogP) is 2.03. The zero-order valence-corrected chi connectivity index (χ0v) is 20.7. The SMILES string of the molecule is O=C1COc2ccc(CNC(=O)c3ncnc4c(C(=O)NC56CC7C[C@H](C5)C[C@](O)(C7)C6)c[nH]c34)cc2N1. The molecule has 1 aliphatic heterocycles. The molecule has 5 aliphatic rings. The number of anilines is 1. The van der Waals surface area contributed by atoms with Crippen LogP contribution in [0.5, 0.6) is 5.75 Å². The minimum Gasteiger partial charge on any atom is -0.482 e. The number of fused-ring (bicyclic) bond motifs is 2. The first-order valence-corrected chi connectivity index (χ1v) is 13.0. The molecule has 196 valence electrons. The lowest BCUT2D eigenvalue weighted by Gasteiger charge is -2.60. The molecule has 2 aromatic heterocycles. The number of hydrogen-bond acceptors (Lipinski definition) is 7. The van der Waals surface area contributed by atoms with Gasteiger partial charge in [-0.3, -0.25) is 14.4 Å². The summed E-state index contributed by atoms with van der Waals surface area (Å²) in [6, 6.07) is 5.31. The van der Waals surface area contributed by atoms with Gasteiger partial charge in [-0.15, -0.1) is 0 Å². The van der Waals surface area contributed by atoms with Gasteiger partial charge in [-0.1, -0.05) is 6.07 Å². The molecule has 4 atom stereocenters. The highest BCUT2D eigenvalue weighted by molar-refractivity contribution is 6.10. The van der Waals surface area contributed by atoms with Crippen LogP contribution < -0.4 is 20.7 Å². The minimum atomic E-state index is -0.679. The standard InChI is InChI=1S/C27H28N6O5/c34-20-11-38-19-2-1-14(4-18(19)32-20)9-29-25(36)23-22-21(30-13-31-23)17(10-28-22)24(35)33-26-5-15-3-16(6-26)8-27(37,7-15)12-26/h1-2,4,10,13,15-16,28,37H,3,5-9,11-12H2,(H,29,36)(H,32,34)(H,33,35)/t15-,16?,26?,27+/m1/s1. The first-order valence-electron chi connectivity index (χ1n) is 13.0. The number of carbonyl (C=O) groups excluding carboxylic acids is 3. The van der Waals surface area contributed by atoms with Gasteiger partial charge in [0.1, 0.15) is 17.6 Å². The van der Waals surface area contributed by atoms with Crippen LogP contribution in [0.1, 0.15) is 64.9 Å². The van der Waals surface area contributed by atoms with Crippen molar-refractivity contribution in [1.29, 1.82) is 0 Å². The average Bonchev–Trinajstić information content (AvgIpc) is 3.30. The third-order valence-electron chi connectivity index (χ3n) is 8.46. The summed E-state index contributed by atoms with van der Waals surface area (Å²) in [6.45, 7) is 0.183. The van der Waals surface area contributed by atoms with E-state index in [9.17, 15) is 19.5 Å². The van der Waals surface area contributed by atoms with Gasteiger partial charge in [0.2, 0.25) is 0 Å². The minimum absolute atomic E-state index is 0.0206. The van der Waals surface area contributed by atoms with Gasteiger partial charge in [0.05, 0.1) is 22.4 Å². The monoisotopic (exact) mass is 516 g/mol. The fraction of sp³-hybridized carbons (Fsp3) is 0.444. The number of ether oxygens (including phenoxy) is 1. The van der Waals surface area contributed by atoms with Gasteiger partial charge < -0.3 is 30.8 Å². The molecule has 3 heterocycles. The first kappa shape index (κ1) is 23.2. The molecule has 4 aliphatic carbocycles. The molecule has 0 radical (unpaired) electrons. The van der Waals surface area contributed by atoms with Crippen LogP contribution in [0.25, 0.3) is 11.0 Å². The molecule has 11 heteroatoms. The van der Waals surface area contributed by atoms with Gasteiger partial charge in [-0.05, 0) is 68.1 Å². The highest BCUT2D eigenvalue weighted by Gasteiger charge is 2.57. The number of amides is 3. The van der Waals surface area contributed by atoms with E-state index in [4.69, 9.17) is 4.74 Å². The summed E-state index contributed by atoms with van der Waals surface area (Å²) in [7, 11) is 0. The molecular weight excluding hydrogens is 488 g/mol. The quantitative estimate of drug-likeness (QED) is 0.347. The van der Waals surface area contributed by atoms with Gasteiger partial charge in [0.25, 0.3) is 17.7 Å². The number of carbonyl (C=O) groups is 3. The summed E-state index contributed by atoms with van der Waals surface area (Å²) in [6.07, 6.45) is 7.99. The molecular formula is C27H28N6O5. The third-order valence-corrected chi connectivity index (χ3v) is 8.46. The summed E-state index contributed by atoms with van der Waals surface area (Å²) < 4.78 is 5.37. The van der Waals surface area contributed by atoms with Crippen LogP contribution in [-0.2, 0) is 11.3 Å². The molecule has 4 bridgehead atoms. The smallest absolute Gasteiger partial charge is 0.272 e. The van der Waals surface area contributed by atoms with E-state index >= 15 is 0 Å². The van der Waals surface area contributed by atoms with E-state index in [-0.39, 0.29) is 30.7 Å². The summed E-state index contributed by atoms with van der Waals surface area (Å²) in [4.78, 5) is 49.5. The second-order valence-corrected chi connectivity index (χ2v) is 11.4. The van der Waals surface area contributed by atoms with Crippen molar-refractivity contribution in [3.8, 4) is 5.75 Å². The van der Waals surface area contributed by atoms with Crippen molar-refractivity contribution < 1.29 is 24.2 Å². The molecule has 2 unspecified atom stereocenters. The Kier molecular flexibility index (Phi) is 5.03. The lowest BCUT2D eigenvalue weighted by molar-refractivity contribution is -0.139. The Hall–Kier alpha value is -3.99. The highest BCUT2D eigenvalue weighted by Crippen LogP contribution is 2.57. The van der Waals surface area contributed by atoms with Crippen LogP contribution in [0.3, 0.4) is 0 Å². The normalized spacial score (nSPS) is 28.9. The molecule has 4 saturated carbocycles. The first-order chi connectivity index (χ1) is 18.3. The molecule has 5 N–H and O–H groups in total. The fourth-order valence-corrected chi connectivity index (χ4v) is 7.46. The topological polar surface area (TPSA) is 158 Å². The lowest BCUT2D eigenvalue weighted by Crippen LogP contribution is -2.65. The molecule has 0 saturated heterocycles. The maximum absolute atomic E-state index is 13.4. The van der Waals surface area contributed by atoms with Crippen molar-refractivity contribution in [3.63, 3.8) is 0 Å². The van der Waals surface area contributed by atoms with Gasteiger partial charge in [0.15, 0.2) is 12.3 Å². The van der Waals surface area contributed by atoms with Crippen molar-refractivity contribution in [2.45, 2.75) is 56.2 Å². The molecule has 4 fully saturated rings. The van der Waals surface area contributed by atoms with Gasteiger partial charge in [-0.2, -0.15) is 0 Å². The molecule has 1 aromatic carbocycles. The molecule has 0 spiro atoms. The van der Waals surface area contributed by atoms with Crippen LogP contribution in [-0.4, -0.2) is 55.5 Å². The van der Waals surface area contributed by atoms with Crippen LogP contribution >= 0.6 is 0 Å². The van der Waals surface area contributed by atoms with Gasteiger partial charge in [0, 0.05) is 18.3 Å². The van der Waals surface area contributed by atoms with Crippen molar-refractivity contribution in [1.82, 2.24) is 25.6 Å². The van der Waals surface area contributed by atoms with Gasteiger partial charge in [-0.25, -0.2) is 9.97 Å². The van der Waals surface area contributed by atoms with Crippen molar-refractivity contribution >= 4 is 34.4 Å². The average molecular weight is 517 g/mol. The Morgan fingerprint density at radius 3 is 2.74 bits per heavy atom. The molecule has 11 nitrogen and oxygen atoms in total. The number of aromatic nitrogens is 3. The number of benzene rings is 1. The maximum atomic E-state index is 13.4. The largest absolute Gasteiger partial charge is 0.482 e. The van der Waals surface area contributed by atoms with E-state index in [0.717, 1.165) is 37.7 Å². The van der Waals surface area contributed by atoms with Crippen LogP contribution in [0.2, 0.25) is 0 Å². The summed E-state index contributed by atoms with van der Waals surface area (Å²) in [5.74, 6) is 0.560. The summed E-state index contributed by atoms with van der Waals surface area (Å²) in [5, 5.41) is 19.9. The van der Waals surface area contributed by atoms with Crippen LogP contribution in [0.4, 0.5) is 5.69 Å². The Balaban J connectivity index is 1.08. The number of aliphatic hydroxyl groups is 1. The number of aromatic amines is 1. The van der Waals surface area contributed by atoms with E-state index in [1.807, 2.05) is 6.07 Å². The van der Waals surface area contributed by atoms with E-state index in [0.29, 0.717) is 46.3 Å². The molecule has 38 heavy (non-hydrogen) atoms. The zero-order chi connectivity index (χ0) is 26.1. The second-order valence-electron chi connectivity index (χ2n) is 11.4. The van der Waals surface area contributed by atoms with E-state index in [1.54, 1.807) is 18.3 Å². The Labute approximate surface area is 217 Å². The highest BCUT2D eigenvalue weighted by atomic mass is 16.5. The number of H-pyrrole nitrogens is 1. The summed E-state index contributed by atoms with van der Waals surface area (Å²) in [5.41, 5.74) is 1.50. The fourth-order valence-electron chi connectivity index (χ4n) is 7.46. The number of rotatable bonds is 5. The van der Waals surface area contributed by atoms with Crippen LogP contribution in [0.15, 0.2) is 30.7 Å². The van der Waals surface area contributed by atoms with Crippen LogP contribution in [0, 0.1) is 11.8 Å². The maximum Gasteiger partial charge on any atom is 0.272 e. The van der Waals surface area contributed by atoms with Crippen molar-refractivity contribution in [3.05, 3.63) is 47.5 Å².